The minimum atomic E-state index is -0.740. The Balaban J connectivity index is 1.85. The van der Waals surface area contributed by atoms with E-state index in [0.29, 0.717) is 0 Å². The average Bonchev–Trinajstić information content (AvgIpc) is 2.33. The second-order valence-electron chi connectivity index (χ2n) is 6.81. The molecular weight excluding hydrogens is 240 g/mol. The summed E-state index contributed by atoms with van der Waals surface area (Å²) in [5, 5.41) is 2.75. The molecule has 0 aromatic carbocycles. The molecule has 0 unspecified atom stereocenters. The van der Waals surface area contributed by atoms with Crippen LogP contribution >= 0.6 is 0 Å². The molecule has 0 bridgehead atoms. The van der Waals surface area contributed by atoms with Crippen LogP contribution in [0.2, 0.25) is 0 Å². The summed E-state index contributed by atoms with van der Waals surface area (Å²) in [6, 6.07) is 0. The van der Waals surface area contributed by atoms with Gasteiger partial charge in [-0.3, -0.25) is 9.59 Å². The van der Waals surface area contributed by atoms with Crippen molar-refractivity contribution in [1.82, 2.24) is 10.2 Å². The number of carbonyl (C=O) groups excluding carboxylic acids is 2. The van der Waals surface area contributed by atoms with Crippen molar-refractivity contribution >= 4 is 11.8 Å². The van der Waals surface area contributed by atoms with Gasteiger partial charge in [0.25, 0.3) is 0 Å². The van der Waals surface area contributed by atoms with E-state index in [0.717, 1.165) is 24.8 Å². The van der Waals surface area contributed by atoms with Gasteiger partial charge in [-0.2, -0.15) is 0 Å². The van der Waals surface area contributed by atoms with E-state index in [4.69, 9.17) is 0 Å². The Morgan fingerprint density at radius 1 is 1.21 bits per heavy atom. The van der Waals surface area contributed by atoms with Crippen molar-refractivity contribution in [1.29, 1.82) is 0 Å². The topological polar surface area (TPSA) is 49.4 Å². The number of carbonyl (C=O) groups is 2. The van der Waals surface area contributed by atoms with E-state index in [1.807, 2.05) is 0 Å². The molecule has 0 aromatic rings. The van der Waals surface area contributed by atoms with E-state index in [9.17, 15) is 9.59 Å². The highest BCUT2D eigenvalue weighted by Crippen LogP contribution is 2.30. The molecule has 0 atom stereocenters. The van der Waals surface area contributed by atoms with E-state index in [2.05, 4.69) is 12.2 Å². The van der Waals surface area contributed by atoms with E-state index < -0.39 is 5.54 Å². The lowest BCUT2D eigenvalue weighted by molar-refractivity contribution is -0.148. The fourth-order valence-electron chi connectivity index (χ4n) is 3.22. The van der Waals surface area contributed by atoms with Gasteiger partial charge in [-0.25, -0.2) is 0 Å². The molecule has 1 N–H and O–H groups in total. The largest absolute Gasteiger partial charge is 0.341 e. The Morgan fingerprint density at radius 2 is 1.84 bits per heavy atom. The molecular formula is C15H26N2O2. The quantitative estimate of drug-likeness (QED) is 0.848. The molecule has 1 saturated heterocycles. The number of hydrogen-bond donors (Lipinski definition) is 1. The van der Waals surface area contributed by atoms with Gasteiger partial charge in [0, 0.05) is 6.54 Å². The molecule has 1 heterocycles. The van der Waals surface area contributed by atoms with Crippen LogP contribution in [-0.4, -0.2) is 35.3 Å². The Hall–Kier alpha value is -1.06. The summed E-state index contributed by atoms with van der Waals surface area (Å²) in [6.07, 6.45) is 6.22. The molecule has 2 rings (SSSR count). The molecule has 1 saturated carbocycles. The van der Waals surface area contributed by atoms with Gasteiger partial charge in [-0.1, -0.05) is 32.6 Å². The minimum Gasteiger partial charge on any atom is -0.341 e. The fourth-order valence-corrected chi connectivity index (χ4v) is 3.22. The Kier molecular flexibility index (Phi) is 4.16. The van der Waals surface area contributed by atoms with Crippen LogP contribution in [0.3, 0.4) is 0 Å². The zero-order valence-corrected chi connectivity index (χ0v) is 12.4. The van der Waals surface area contributed by atoms with Gasteiger partial charge in [-0.05, 0) is 32.1 Å². The van der Waals surface area contributed by atoms with Crippen LogP contribution in [0.4, 0.5) is 0 Å². The maximum absolute atomic E-state index is 12.2. The van der Waals surface area contributed by atoms with Crippen LogP contribution in [0.5, 0.6) is 0 Å². The third-order valence-corrected chi connectivity index (χ3v) is 4.55. The first-order valence-corrected chi connectivity index (χ1v) is 7.49. The predicted octanol–water partition coefficient (Wildman–Crippen LogP) is 1.94. The van der Waals surface area contributed by atoms with Crippen molar-refractivity contribution in [3.63, 3.8) is 0 Å². The van der Waals surface area contributed by atoms with Crippen LogP contribution < -0.4 is 5.32 Å². The summed E-state index contributed by atoms with van der Waals surface area (Å²) >= 11 is 0. The Bertz CT molecular complexity index is 357. The SMILES string of the molecule is CC1CCC(CCN2CC(=O)NC(C)(C)C2=O)CC1. The monoisotopic (exact) mass is 266 g/mol. The smallest absolute Gasteiger partial charge is 0.248 e. The molecule has 2 aliphatic rings. The van der Waals surface area contributed by atoms with Crippen LogP contribution in [0.15, 0.2) is 0 Å². The summed E-state index contributed by atoms with van der Waals surface area (Å²) in [5.41, 5.74) is -0.740. The van der Waals surface area contributed by atoms with Gasteiger partial charge < -0.3 is 10.2 Å². The highest BCUT2D eigenvalue weighted by Gasteiger charge is 2.38. The molecule has 1 aliphatic heterocycles. The molecule has 1 aliphatic carbocycles. The number of nitrogens with one attached hydrogen (secondary N) is 1. The maximum Gasteiger partial charge on any atom is 0.248 e. The molecule has 0 aromatic heterocycles. The second kappa shape index (κ2) is 5.51. The van der Waals surface area contributed by atoms with Gasteiger partial charge in [0.2, 0.25) is 11.8 Å². The number of amides is 2. The van der Waals surface area contributed by atoms with Crippen molar-refractivity contribution in [3.05, 3.63) is 0 Å². The Labute approximate surface area is 115 Å². The lowest BCUT2D eigenvalue weighted by Gasteiger charge is -2.38. The molecule has 4 nitrogen and oxygen atoms in total. The van der Waals surface area contributed by atoms with E-state index in [1.165, 1.54) is 25.7 Å². The van der Waals surface area contributed by atoms with Crippen molar-refractivity contribution < 1.29 is 9.59 Å². The van der Waals surface area contributed by atoms with Crippen molar-refractivity contribution in [2.24, 2.45) is 11.8 Å². The van der Waals surface area contributed by atoms with Crippen LogP contribution in [0.25, 0.3) is 0 Å². The molecule has 19 heavy (non-hydrogen) atoms. The third-order valence-electron chi connectivity index (χ3n) is 4.55. The van der Waals surface area contributed by atoms with Crippen LogP contribution in [0.1, 0.15) is 52.9 Å². The predicted molar refractivity (Wildman–Crippen MR) is 74.5 cm³/mol. The first-order valence-electron chi connectivity index (χ1n) is 7.49. The summed E-state index contributed by atoms with van der Waals surface area (Å²) in [4.78, 5) is 25.6. The third kappa shape index (κ3) is 3.48. The van der Waals surface area contributed by atoms with Gasteiger partial charge >= 0.3 is 0 Å². The highest BCUT2D eigenvalue weighted by molar-refractivity contribution is 5.97. The minimum absolute atomic E-state index is 0.0399. The van der Waals surface area contributed by atoms with E-state index in [-0.39, 0.29) is 18.4 Å². The fraction of sp³-hybridized carbons (Fsp3) is 0.867. The summed E-state index contributed by atoms with van der Waals surface area (Å²) in [5.74, 6) is 1.60. The van der Waals surface area contributed by atoms with E-state index in [1.54, 1.807) is 18.7 Å². The van der Waals surface area contributed by atoms with Crippen LogP contribution in [-0.2, 0) is 9.59 Å². The molecule has 4 heteroatoms. The molecule has 108 valence electrons. The van der Waals surface area contributed by atoms with Crippen molar-refractivity contribution in [2.45, 2.75) is 58.4 Å². The standard InChI is InChI=1S/C15H26N2O2/c1-11-4-6-12(7-5-11)8-9-17-10-13(18)16-15(2,3)14(17)19/h11-12H,4-10H2,1-3H3,(H,16,18). The zero-order valence-electron chi connectivity index (χ0n) is 12.4. The molecule has 0 radical (unpaired) electrons. The summed E-state index contributed by atoms with van der Waals surface area (Å²) in [6.45, 7) is 6.83. The normalized spacial score (nSPS) is 31.2. The second-order valence-corrected chi connectivity index (χ2v) is 6.81. The van der Waals surface area contributed by atoms with Crippen molar-refractivity contribution in [2.75, 3.05) is 13.1 Å². The number of rotatable bonds is 3. The van der Waals surface area contributed by atoms with Gasteiger partial charge in [0.1, 0.15) is 5.54 Å². The van der Waals surface area contributed by atoms with Crippen LogP contribution in [0, 0.1) is 11.8 Å². The number of nitrogens with zero attached hydrogens (tertiary/aromatic N) is 1. The number of hydrogen-bond acceptors (Lipinski definition) is 2. The molecule has 2 fully saturated rings. The highest BCUT2D eigenvalue weighted by atomic mass is 16.2. The maximum atomic E-state index is 12.2. The van der Waals surface area contributed by atoms with E-state index >= 15 is 0 Å². The molecule has 2 amide bonds. The summed E-state index contributed by atoms with van der Waals surface area (Å²) < 4.78 is 0. The van der Waals surface area contributed by atoms with Gasteiger partial charge in [-0.15, -0.1) is 0 Å². The van der Waals surface area contributed by atoms with Crippen molar-refractivity contribution in [3.8, 4) is 0 Å². The lowest BCUT2D eigenvalue weighted by atomic mass is 9.81. The first-order chi connectivity index (χ1) is 8.88. The molecule has 0 spiro atoms. The summed E-state index contributed by atoms with van der Waals surface area (Å²) in [7, 11) is 0. The first kappa shape index (κ1) is 14.4. The lowest BCUT2D eigenvalue weighted by Crippen LogP contribution is -2.63. The van der Waals surface area contributed by atoms with Gasteiger partial charge in [0.15, 0.2) is 0 Å². The average molecular weight is 266 g/mol. The zero-order chi connectivity index (χ0) is 14.0. The van der Waals surface area contributed by atoms with Gasteiger partial charge in [0.05, 0.1) is 6.54 Å². The Morgan fingerprint density at radius 3 is 2.47 bits per heavy atom. The number of piperazine rings is 1.